The van der Waals surface area contributed by atoms with Gasteiger partial charge in [0.1, 0.15) is 12.6 Å². The number of hydrogen-bond donors (Lipinski definition) is 3. The zero-order valence-electron chi connectivity index (χ0n) is 17.7. The minimum absolute atomic E-state index is 0.0979. The summed E-state index contributed by atoms with van der Waals surface area (Å²) in [6.07, 6.45) is 5.06. The first-order valence-corrected chi connectivity index (χ1v) is 10.6. The molecule has 0 aliphatic rings. The maximum absolute atomic E-state index is 12.5. The van der Waals surface area contributed by atoms with Gasteiger partial charge in [0, 0.05) is 13.1 Å². The van der Waals surface area contributed by atoms with Crippen LogP contribution >= 0.6 is 0 Å². The molecule has 0 fully saturated rings. The maximum Gasteiger partial charge on any atom is 0.408 e. The first kappa shape index (κ1) is 24.5. The first-order chi connectivity index (χ1) is 14.1. The summed E-state index contributed by atoms with van der Waals surface area (Å²) in [5, 5.41) is 8.11. The molecule has 7 heteroatoms. The summed E-state index contributed by atoms with van der Waals surface area (Å²) >= 11 is 0. The van der Waals surface area contributed by atoms with Crippen LogP contribution in [0.3, 0.4) is 0 Å². The summed E-state index contributed by atoms with van der Waals surface area (Å²) in [5.74, 6) is -0.639. The van der Waals surface area contributed by atoms with Crippen molar-refractivity contribution < 1.29 is 19.1 Å². The molecule has 0 saturated carbocycles. The molecule has 0 unspecified atom stereocenters. The van der Waals surface area contributed by atoms with Crippen LogP contribution in [0.15, 0.2) is 30.3 Å². The van der Waals surface area contributed by atoms with E-state index in [0.29, 0.717) is 13.1 Å². The second-order valence-electron chi connectivity index (χ2n) is 7.02. The Morgan fingerprint density at radius 2 is 1.52 bits per heavy atom. The molecule has 1 aromatic carbocycles. The smallest absolute Gasteiger partial charge is 0.408 e. The van der Waals surface area contributed by atoms with Crippen LogP contribution in [-0.2, 0) is 20.9 Å². The fourth-order valence-electron chi connectivity index (χ4n) is 2.69. The van der Waals surface area contributed by atoms with Crippen LogP contribution in [0.25, 0.3) is 0 Å². The number of nitrogens with one attached hydrogen (secondary N) is 3. The molecule has 0 saturated heterocycles. The minimum Gasteiger partial charge on any atom is -0.445 e. The van der Waals surface area contributed by atoms with Crippen molar-refractivity contribution in [2.75, 3.05) is 13.1 Å². The molecule has 0 radical (unpaired) electrons. The Hall–Kier alpha value is -2.57. The molecule has 1 aromatic rings. The Kier molecular flexibility index (Phi) is 13.0. The van der Waals surface area contributed by atoms with Gasteiger partial charge in [0.25, 0.3) is 0 Å². The average Bonchev–Trinajstić information content (AvgIpc) is 2.73. The predicted molar refractivity (Wildman–Crippen MR) is 113 cm³/mol. The van der Waals surface area contributed by atoms with Gasteiger partial charge in [-0.05, 0) is 18.4 Å². The van der Waals surface area contributed by atoms with Crippen LogP contribution in [-0.4, -0.2) is 37.0 Å². The third kappa shape index (κ3) is 11.8. The summed E-state index contributed by atoms with van der Waals surface area (Å²) in [6, 6.07) is 8.30. The predicted octanol–water partition coefficient (Wildman–Crippen LogP) is 3.28. The molecular weight excluding hydrogens is 370 g/mol. The molecule has 0 heterocycles. The number of carbonyl (C=O) groups excluding carboxylic acids is 3. The number of unbranched alkanes of at least 4 members (excludes halogenated alkanes) is 4. The van der Waals surface area contributed by atoms with Gasteiger partial charge in [-0.2, -0.15) is 0 Å². The number of benzene rings is 1. The van der Waals surface area contributed by atoms with Gasteiger partial charge >= 0.3 is 6.09 Å². The Bertz CT molecular complexity index is 607. The van der Waals surface area contributed by atoms with E-state index in [-0.39, 0.29) is 24.8 Å². The first-order valence-electron chi connectivity index (χ1n) is 10.6. The number of rotatable bonds is 14. The molecule has 0 bridgehead atoms. The largest absolute Gasteiger partial charge is 0.445 e. The van der Waals surface area contributed by atoms with Crippen molar-refractivity contribution in [1.82, 2.24) is 16.0 Å². The standard InChI is InChI=1S/C22H35N3O4/c1-3-5-10-14-23-20(26)16-19(21(27)24-15-11-6-4-2)25-22(28)29-17-18-12-8-7-9-13-18/h7-9,12-13,19H,3-6,10-11,14-17H2,1-2H3,(H,23,26)(H,24,27)(H,25,28)/t19-/m0/s1. The molecule has 1 atom stereocenters. The molecule has 29 heavy (non-hydrogen) atoms. The Balaban J connectivity index is 2.54. The zero-order valence-corrected chi connectivity index (χ0v) is 17.7. The van der Waals surface area contributed by atoms with Crippen LogP contribution in [0.4, 0.5) is 4.79 Å². The highest BCUT2D eigenvalue weighted by molar-refractivity contribution is 5.90. The second-order valence-corrected chi connectivity index (χ2v) is 7.02. The summed E-state index contributed by atoms with van der Waals surface area (Å²) in [4.78, 5) is 36.8. The molecular formula is C22H35N3O4. The molecule has 3 N–H and O–H groups in total. The van der Waals surface area contributed by atoms with E-state index in [4.69, 9.17) is 4.74 Å². The molecule has 3 amide bonds. The van der Waals surface area contributed by atoms with Crippen LogP contribution in [0.2, 0.25) is 0 Å². The van der Waals surface area contributed by atoms with E-state index in [0.717, 1.165) is 44.1 Å². The van der Waals surface area contributed by atoms with Crippen molar-refractivity contribution in [1.29, 1.82) is 0 Å². The monoisotopic (exact) mass is 405 g/mol. The van der Waals surface area contributed by atoms with Crippen LogP contribution < -0.4 is 16.0 Å². The van der Waals surface area contributed by atoms with Gasteiger partial charge in [-0.15, -0.1) is 0 Å². The van der Waals surface area contributed by atoms with Crippen LogP contribution in [0.5, 0.6) is 0 Å². The average molecular weight is 406 g/mol. The Morgan fingerprint density at radius 1 is 0.897 bits per heavy atom. The number of alkyl carbamates (subject to hydrolysis) is 1. The van der Waals surface area contributed by atoms with E-state index in [1.807, 2.05) is 30.3 Å². The lowest BCUT2D eigenvalue weighted by Crippen LogP contribution is -2.49. The molecule has 162 valence electrons. The third-order valence-electron chi connectivity index (χ3n) is 4.39. The van der Waals surface area contributed by atoms with Crippen molar-refractivity contribution in [3.05, 3.63) is 35.9 Å². The van der Waals surface area contributed by atoms with Crippen molar-refractivity contribution in [3.8, 4) is 0 Å². The van der Waals surface area contributed by atoms with Gasteiger partial charge in [0.2, 0.25) is 11.8 Å². The molecule has 1 rings (SSSR count). The Morgan fingerprint density at radius 3 is 2.14 bits per heavy atom. The fraction of sp³-hybridized carbons (Fsp3) is 0.591. The lowest BCUT2D eigenvalue weighted by molar-refractivity contribution is -0.128. The van der Waals surface area contributed by atoms with E-state index < -0.39 is 12.1 Å². The highest BCUT2D eigenvalue weighted by Crippen LogP contribution is 2.02. The van der Waals surface area contributed by atoms with Crippen molar-refractivity contribution in [3.63, 3.8) is 0 Å². The van der Waals surface area contributed by atoms with Crippen LogP contribution in [0, 0.1) is 0 Å². The summed E-state index contributed by atoms with van der Waals surface area (Å²) in [7, 11) is 0. The SMILES string of the molecule is CCCCCNC(=O)C[C@H](NC(=O)OCc1ccccc1)C(=O)NCCCCC. The lowest BCUT2D eigenvalue weighted by Gasteiger charge is -2.18. The lowest BCUT2D eigenvalue weighted by atomic mass is 10.1. The summed E-state index contributed by atoms with van der Waals surface area (Å²) in [6.45, 7) is 5.35. The van der Waals surface area contributed by atoms with E-state index in [2.05, 4.69) is 29.8 Å². The van der Waals surface area contributed by atoms with Gasteiger partial charge < -0.3 is 20.7 Å². The topological polar surface area (TPSA) is 96.5 Å². The quantitative estimate of drug-likeness (QED) is 0.414. The summed E-state index contributed by atoms with van der Waals surface area (Å²) < 4.78 is 5.18. The maximum atomic E-state index is 12.5. The van der Waals surface area contributed by atoms with Gasteiger partial charge in [-0.25, -0.2) is 4.79 Å². The van der Waals surface area contributed by atoms with Crippen molar-refractivity contribution >= 4 is 17.9 Å². The summed E-state index contributed by atoms with van der Waals surface area (Å²) in [5.41, 5.74) is 0.844. The highest BCUT2D eigenvalue weighted by Gasteiger charge is 2.24. The van der Waals surface area contributed by atoms with E-state index in [1.54, 1.807) is 0 Å². The number of amides is 3. The minimum atomic E-state index is -0.967. The highest BCUT2D eigenvalue weighted by atomic mass is 16.5. The molecule has 0 aromatic heterocycles. The molecule has 0 spiro atoms. The third-order valence-corrected chi connectivity index (χ3v) is 4.39. The number of carbonyl (C=O) groups is 3. The van der Waals surface area contributed by atoms with Gasteiger partial charge in [0.05, 0.1) is 6.42 Å². The van der Waals surface area contributed by atoms with Gasteiger partial charge in [-0.1, -0.05) is 69.9 Å². The fourth-order valence-corrected chi connectivity index (χ4v) is 2.69. The zero-order chi connectivity index (χ0) is 21.3. The molecule has 7 nitrogen and oxygen atoms in total. The van der Waals surface area contributed by atoms with Crippen molar-refractivity contribution in [2.45, 2.75) is 71.4 Å². The number of hydrogen-bond acceptors (Lipinski definition) is 4. The normalized spacial score (nSPS) is 11.4. The van der Waals surface area contributed by atoms with Crippen molar-refractivity contribution in [2.24, 2.45) is 0 Å². The van der Waals surface area contributed by atoms with E-state index in [1.165, 1.54) is 0 Å². The van der Waals surface area contributed by atoms with Gasteiger partial charge in [0.15, 0.2) is 0 Å². The van der Waals surface area contributed by atoms with E-state index in [9.17, 15) is 14.4 Å². The Labute approximate surface area is 174 Å². The second kappa shape index (κ2) is 15.4. The van der Waals surface area contributed by atoms with E-state index >= 15 is 0 Å². The molecule has 0 aliphatic heterocycles. The van der Waals surface area contributed by atoms with Gasteiger partial charge in [-0.3, -0.25) is 9.59 Å². The number of ether oxygens (including phenoxy) is 1. The molecule has 0 aliphatic carbocycles. The van der Waals surface area contributed by atoms with Crippen LogP contribution in [0.1, 0.15) is 64.4 Å².